The van der Waals surface area contributed by atoms with E-state index in [2.05, 4.69) is 10.3 Å². The first-order chi connectivity index (χ1) is 6.25. The molecule has 0 aromatic carbocycles. The lowest BCUT2D eigenvalue weighted by Crippen LogP contribution is -2.18. The standard InChI is InChI=1S/C9H14N2OS/c1-6-7(2)12-9(10-6)11-8-3-4-13-5-8/h8H,3-5H2,1-2H3,(H,10,11). The molecule has 0 saturated carbocycles. The predicted octanol–water partition coefficient (Wildman–Crippen LogP) is 2.21. The molecule has 1 atom stereocenters. The minimum Gasteiger partial charge on any atom is -0.429 e. The summed E-state index contributed by atoms with van der Waals surface area (Å²) in [5, 5.41) is 3.30. The second-order valence-electron chi connectivity index (χ2n) is 3.37. The maximum absolute atomic E-state index is 5.44. The van der Waals surface area contributed by atoms with Crippen molar-refractivity contribution in [3.63, 3.8) is 0 Å². The molecule has 1 aliphatic rings. The maximum atomic E-state index is 5.44. The summed E-state index contributed by atoms with van der Waals surface area (Å²) in [6.07, 6.45) is 1.21. The zero-order chi connectivity index (χ0) is 9.26. The van der Waals surface area contributed by atoms with E-state index in [1.54, 1.807) is 0 Å². The van der Waals surface area contributed by atoms with Gasteiger partial charge in [-0.25, -0.2) is 0 Å². The molecule has 1 unspecified atom stereocenters. The smallest absolute Gasteiger partial charge is 0.295 e. The molecule has 0 spiro atoms. The number of thioether (sulfide) groups is 1. The monoisotopic (exact) mass is 198 g/mol. The van der Waals surface area contributed by atoms with Gasteiger partial charge in [0.05, 0.1) is 5.69 Å². The normalized spacial score (nSPS) is 22.2. The minimum absolute atomic E-state index is 0.544. The lowest BCUT2D eigenvalue weighted by molar-refractivity contribution is 0.531. The zero-order valence-electron chi connectivity index (χ0n) is 7.96. The van der Waals surface area contributed by atoms with Gasteiger partial charge in [0.25, 0.3) is 6.01 Å². The van der Waals surface area contributed by atoms with Crippen molar-refractivity contribution in [2.75, 3.05) is 16.8 Å². The van der Waals surface area contributed by atoms with Crippen LogP contribution in [0.2, 0.25) is 0 Å². The van der Waals surface area contributed by atoms with Crippen LogP contribution < -0.4 is 5.32 Å². The second-order valence-corrected chi connectivity index (χ2v) is 4.52. The molecule has 0 radical (unpaired) electrons. The summed E-state index contributed by atoms with van der Waals surface area (Å²) >= 11 is 1.98. The van der Waals surface area contributed by atoms with Crippen molar-refractivity contribution in [2.45, 2.75) is 26.3 Å². The summed E-state index contributed by atoms with van der Waals surface area (Å²) in [5.74, 6) is 3.32. The lowest BCUT2D eigenvalue weighted by Gasteiger charge is -2.07. The van der Waals surface area contributed by atoms with E-state index < -0.39 is 0 Å². The van der Waals surface area contributed by atoms with Crippen LogP contribution in [0.3, 0.4) is 0 Å². The van der Waals surface area contributed by atoms with Gasteiger partial charge in [-0.2, -0.15) is 16.7 Å². The fourth-order valence-electron chi connectivity index (χ4n) is 1.36. The topological polar surface area (TPSA) is 38.1 Å². The number of anilines is 1. The van der Waals surface area contributed by atoms with Crippen LogP contribution in [-0.4, -0.2) is 22.5 Å². The molecule has 1 saturated heterocycles. The van der Waals surface area contributed by atoms with E-state index in [0.29, 0.717) is 12.1 Å². The Morgan fingerprint density at radius 2 is 2.38 bits per heavy atom. The van der Waals surface area contributed by atoms with Crippen molar-refractivity contribution >= 4 is 17.8 Å². The van der Waals surface area contributed by atoms with E-state index in [0.717, 1.165) is 11.5 Å². The average Bonchev–Trinajstić information content (AvgIpc) is 2.64. The van der Waals surface area contributed by atoms with Gasteiger partial charge in [0.15, 0.2) is 0 Å². The minimum atomic E-state index is 0.544. The highest BCUT2D eigenvalue weighted by molar-refractivity contribution is 7.99. The fourth-order valence-corrected chi connectivity index (χ4v) is 2.51. The van der Waals surface area contributed by atoms with Crippen molar-refractivity contribution in [2.24, 2.45) is 0 Å². The molecule has 0 amide bonds. The molecule has 2 rings (SSSR count). The summed E-state index contributed by atoms with van der Waals surface area (Å²) < 4.78 is 5.44. The Hall–Kier alpha value is -0.640. The molecule has 0 bridgehead atoms. The van der Waals surface area contributed by atoms with Gasteiger partial charge in [-0.15, -0.1) is 0 Å². The Morgan fingerprint density at radius 3 is 2.92 bits per heavy atom. The molecule has 1 aliphatic heterocycles. The van der Waals surface area contributed by atoms with Gasteiger partial charge in [0.1, 0.15) is 5.76 Å². The SMILES string of the molecule is Cc1nc(NC2CCSC2)oc1C. The summed E-state index contributed by atoms with van der Waals surface area (Å²) in [5.41, 5.74) is 0.980. The molecule has 1 fully saturated rings. The quantitative estimate of drug-likeness (QED) is 0.790. The van der Waals surface area contributed by atoms with E-state index in [4.69, 9.17) is 4.42 Å². The summed E-state index contributed by atoms with van der Waals surface area (Å²) in [4.78, 5) is 4.29. The van der Waals surface area contributed by atoms with Gasteiger partial charge in [-0.05, 0) is 26.0 Å². The number of hydrogen-bond donors (Lipinski definition) is 1. The molecular formula is C9H14N2OS. The van der Waals surface area contributed by atoms with Crippen LogP contribution in [0.25, 0.3) is 0 Å². The average molecular weight is 198 g/mol. The number of aryl methyl sites for hydroxylation is 2. The van der Waals surface area contributed by atoms with Crippen LogP contribution >= 0.6 is 11.8 Å². The van der Waals surface area contributed by atoms with E-state index in [-0.39, 0.29) is 0 Å². The van der Waals surface area contributed by atoms with Crippen molar-refractivity contribution in [1.29, 1.82) is 0 Å². The molecule has 4 heteroatoms. The highest BCUT2D eigenvalue weighted by Crippen LogP contribution is 2.21. The molecular weight excluding hydrogens is 184 g/mol. The highest BCUT2D eigenvalue weighted by Gasteiger charge is 2.17. The first kappa shape index (κ1) is 8.94. The molecule has 3 nitrogen and oxygen atoms in total. The Balaban J connectivity index is 2.00. The molecule has 72 valence electrons. The fraction of sp³-hybridized carbons (Fsp3) is 0.667. The Kier molecular flexibility index (Phi) is 2.49. The predicted molar refractivity (Wildman–Crippen MR) is 55.3 cm³/mol. The van der Waals surface area contributed by atoms with E-state index in [1.807, 2.05) is 25.6 Å². The van der Waals surface area contributed by atoms with Gasteiger partial charge in [0.2, 0.25) is 0 Å². The van der Waals surface area contributed by atoms with Crippen LogP contribution in [0.15, 0.2) is 4.42 Å². The van der Waals surface area contributed by atoms with Crippen LogP contribution in [-0.2, 0) is 0 Å². The molecule has 1 N–H and O–H groups in total. The van der Waals surface area contributed by atoms with E-state index in [9.17, 15) is 0 Å². The molecule has 13 heavy (non-hydrogen) atoms. The van der Waals surface area contributed by atoms with Crippen molar-refractivity contribution in [3.8, 4) is 0 Å². The van der Waals surface area contributed by atoms with Crippen LogP contribution in [0.5, 0.6) is 0 Å². The van der Waals surface area contributed by atoms with E-state index in [1.165, 1.54) is 17.9 Å². The number of hydrogen-bond acceptors (Lipinski definition) is 4. The summed E-state index contributed by atoms with van der Waals surface area (Å²) in [6, 6.07) is 1.23. The summed E-state index contributed by atoms with van der Waals surface area (Å²) in [7, 11) is 0. The molecule has 2 heterocycles. The number of nitrogens with zero attached hydrogens (tertiary/aromatic N) is 1. The summed E-state index contributed by atoms with van der Waals surface area (Å²) in [6.45, 7) is 3.91. The van der Waals surface area contributed by atoms with Crippen LogP contribution in [0.1, 0.15) is 17.9 Å². The highest BCUT2D eigenvalue weighted by atomic mass is 32.2. The Morgan fingerprint density at radius 1 is 1.54 bits per heavy atom. The van der Waals surface area contributed by atoms with Crippen LogP contribution in [0, 0.1) is 13.8 Å². The number of aromatic nitrogens is 1. The number of rotatable bonds is 2. The first-order valence-electron chi connectivity index (χ1n) is 4.54. The third-order valence-electron chi connectivity index (χ3n) is 2.29. The Labute approximate surface area is 82.3 Å². The van der Waals surface area contributed by atoms with Crippen molar-refractivity contribution in [1.82, 2.24) is 4.98 Å². The molecule has 1 aromatic rings. The zero-order valence-corrected chi connectivity index (χ0v) is 8.78. The number of nitrogens with one attached hydrogen (secondary N) is 1. The van der Waals surface area contributed by atoms with Gasteiger partial charge in [-0.1, -0.05) is 0 Å². The van der Waals surface area contributed by atoms with Crippen molar-refractivity contribution < 1.29 is 4.42 Å². The first-order valence-corrected chi connectivity index (χ1v) is 5.69. The molecule has 1 aromatic heterocycles. The van der Waals surface area contributed by atoms with Gasteiger partial charge >= 0.3 is 0 Å². The van der Waals surface area contributed by atoms with Gasteiger partial charge in [0, 0.05) is 11.8 Å². The van der Waals surface area contributed by atoms with E-state index >= 15 is 0 Å². The third-order valence-corrected chi connectivity index (χ3v) is 3.45. The van der Waals surface area contributed by atoms with Crippen LogP contribution in [0.4, 0.5) is 6.01 Å². The van der Waals surface area contributed by atoms with Crippen molar-refractivity contribution in [3.05, 3.63) is 11.5 Å². The van der Waals surface area contributed by atoms with Gasteiger partial charge in [-0.3, -0.25) is 0 Å². The van der Waals surface area contributed by atoms with Gasteiger partial charge < -0.3 is 9.73 Å². The second kappa shape index (κ2) is 3.62. The largest absolute Gasteiger partial charge is 0.429 e. The third kappa shape index (κ3) is 1.99. The lowest BCUT2D eigenvalue weighted by atomic mass is 10.3. The maximum Gasteiger partial charge on any atom is 0.295 e. The Bertz CT molecular complexity index is 272. The molecule has 0 aliphatic carbocycles. The number of oxazole rings is 1.